The molecule has 1 aromatic carbocycles. The third-order valence-electron chi connectivity index (χ3n) is 3.57. The first kappa shape index (κ1) is 19.8. The number of hydrogen-bond donors (Lipinski definition) is 0. The van der Waals surface area contributed by atoms with Crippen LogP contribution in [0.4, 0.5) is 0 Å². The van der Waals surface area contributed by atoms with Gasteiger partial charge >= 0.3 is 10.1 Å². The highest BCUT2D eigenvalue weighted by Crippen LogP contribution is 2.19. The van der Waals surface area contributed by atoms with E-state index in [-0.39, 0.29) is 23.5 Å². The monoisotopic (exact) mass is 361 g/mol. The van der Waals surface area contributed by atoms with E-state index in [2.05, 4.69) is 0 Å². The second kappa shape index (κ2) is 8.55. The molecule has 0 unspecified atom stereocenters. The Morgan fingerprint density at radius 2 is 1.96 bits per heavy atom. The topological polar surface area (TPSA) is 63.7 Å². The minimum Gasteiger partial charge on any atom is -0.382 e. The molecular weight excluding hydrogens is 338 g/mol. The van der Waals surface area contributed by atoms with Gasteiger partial charge in [-0.05, 0) is 44.9 Å². The highest BCUT2D eigenvalue weighted by atomic mass is 35.5. The summed E-state index contributed by atoms with van der Waals surface area (Å²) in [4.78, 5) is 14.0. The Morgan fingerprint density at radius 3 is 2.48 bits per heavy atom. The molecule has 0 spiro atoms. The van der Waals surface area contributed by atoms with Crippen molar-refractivity contribution < 1.29 is 17.4 Å². The molecule has 0 saturated heterocycles. The SMILES string of the molecule is CC[C@H](C)N(Cc1cccc(OS(=O)(=O)CC)c1)C(=O)[C@@H](C)Cl. The van der Waals surface area contributed by atoms with Crippen LogP contribution in [-0.4, -0.2) is 36.4 Å². The largest absolute Gasteiger partial charge is 0.382 e. The highest BCUT2D eigenvalue weighted by molar-refractivity contribution is 7.87. The van der Waals surface area contributed by atoms with Gasteiger partial charge in [0.15, 0.2) is 0 Å². The standard InChI is InChI=1S/C16H24ClNO4S/c1-5-12(3)18(16(19)13(4)17)11-14-8-7-9-15(10-14)22-23(20,21)6-2/h7-10,12-13H,5-6,11H2,1-4H3/t12-,13+/m0/s1. The van der Waals surface area contributed by atoms with E-state index in [4.69, 9.17) is 15.8 Å². The van der Waals surface area contributed by atoms with Gasteiger partial charge in [-0.2, -0.15) is 8.42 Å². The Balaban J connectivity index is 2.99. The van der Waals surface area contributed by atoms with Crippen LogP contribution in [-0.2, 0) is 21.5 Å². The second-order valence-corrected chi connectivity index (χ2v) is 7.93. The first-order chi connectivity index (χ1) is 10.7. The van der Waals surface area contributed by atoms with Gasteiger partial charge in [0.05, 0.1) is 5.75 Å². The van der Waals surface area contributed by atoms with Gasteiger partial charge in [-0.3, -0.25) is 4.79 Å². The van der Waals surface area contributed by atoms with Gasteiger partial charge in [-0.1, -0.05) is 19.1 Å². The fourth-order valence-electron chi connectivity index (χ4n) is 2.00. The van der Waals surface area contributed by atoms with Gasteiger partial charge in [-0.25, -0.2) is 0 Å². The fourth-order valence-corrected chi connectivity index (χ4v) is 2.64. The minimum atomic E-state index is -3.57. The van der Waals surface area contributed by atoms with Gasteiger partial charge in [0.25, 0.3) is 0 Å². The van der Waals surface area contributed by atoms with Crippen molar-refractivity contribution in [3.8, 4) is 5.75 Å². The number of nitrogens with zero attached hydrogens (tertiary/aromatic N) is 1. The van der Waals surface area contributed by atoms with Crippen LogP contribution in [0.1, 0.15) is 39.7 Å². The smallest absolute Gasteiger partial charge is 0.308 e. The molecule has 0 fully saturated rings. The number of hydrogen-bond acceptors (Lipinski definition) is 4. The zero-order valence-electron chi connectivity index (χ0n) is 14.0. The van der Waals surface area contributed by atoms with Gasteiger partial charge in [0.2, 0.25) is 5.91 Å². The molecule has 0 aliphatic rings. The summed E-state index contributed by atoms with van der Waals surface area (Å²) in [5.41, 5.74) is 0.791. The summed E-state index contributed by atoms with van der Waals surface area (Å²) < 4.78 is 28.1. The molecule has 1 rings (SSSR count). The molecule has 130 valence electrons. The summed E-state index contributed by atoms with van der Waals surface area (Å²) >= 11 is 5.93. The van der Waals surface area contributed by atoms with E-state index < -0.39 is 15.5 Å². The zero-order chi connectivity index (χ0) is 17.6. The molecule has 0 saturated carbocycles. The molecule has 1 aromatic rings. The number of carbonyl (C=O) groups is 1. The molecular formula is C16H24ClNO4S. The first-order valence-electron chi connectivity index (χ1n) is 7.65. The average molecular weight is 362 g/mol. The van der Waals surface area contributed by atoms with Gasteiger partial charge in [0.1, 0.15) is 11.1 Å². The molecule has 0 aromatic heterocycles. The van der Waals surface area contributed by atoms with Crippen molar-refractivity contribution in [2.75, 3.05) is 5.75 Å². The summed E-state index contributed by atoms with van der Waals surface area (Å²) in [6.07, 6.45) is 0.801. The number of carbonyl (C=O) groups excluding carboxylic acids is 1. The quantitative estimate of drug-likeness (QED) is 0.527. The molecule has 7 heteroatoms. The molecule has 23 heavy (non-hydrogen) atoms. The van der Waals surface area contributed by atoms with Crippen LogP contribution in [0.2, 0.25) is 0 Å². The third-order valence-corrected chi connectivity index (χ3v) is 4.91. The predicted molar refractivity (Wildman–Crippen MR) is 92.1 cm³/mol. The van der Waals surface area contributed by atoms with Crippen LogP contribution >= 0.6 is 11.6 Å². The lowest BCUT2D eigenvalue weighted by atomic mass is 10.1. The van der Waals surface area contributed by atoms with E-state index in [0.717, 1.165) is 12.0 Å². The fraction of sp³-hybridized carbons (Fsp3) is 0.562. The lowest BCUT2D eigenvalue weighted by molar-refractivity contribution is -0.133. The molecule has 0 radical (unpaired) electrons. The van der Waals surface area contributed by atoms with E-state index in [1.54, 1.807) is 30.0 Å². The van der Waals surface area contributed by atoms with Gasteiger partial charge in [0, 0.05) is 12.6 Å². The third kappa shape index (κ3) is 6.03. The van der Waals surface area contributed by atoms with Crippen molar-refractivity contribution in [2.45, 2.75) is 52.1 Å². The number of rotatable bonds is 8. The summed E-state index contributed by atoms with van der Waals surface area (Å²) in [5.74, 6) is 0.00620. The maximum atomic E-state index is 12.3. The van der Waals surface area contributed by atoms with Crippen LogP contribution in [0.15, 0.2) is 24.3 Å². The maximum Gasteiger partial charge on any atom is 0.308 e. The molecule has 0 bridgehead atoms. The summed E-state index contributed by atoms with van der Waals surface area (Å²) in [6, 6.07) is 6.78. The summed E-state index contributed by atoms with van der Waals surface area (Å²) in [6.45, 7) is 7.47. The van der Waals surface area contributed by atoms with E-state index in [1.807, 2.05) is 19.9 Å². The Hall–Kier alpha value is -1.27. The van der Waals surface area contributed by atoms with Crippen molar-refractivity contribution in [2.24, 2.45) is 0 Å². The molecule has 0 heterocycles. The number of benzene rings is 1. The predicted octanol–water partition coefficient (Wildman–Crippen LogP) is 3.17. The minimum absolute atomic E-state index is 0.0349. The number of amides is 1. The summed E-state index contributed by atoms with van der Waals surface area (Å²) in [7, 11) is -3.57. The maximum absolute atomic E-state index is 12.3. The van der Waals surface area contributed by atoms with Crippen LogP contribution < -0.4 is 4.18 Å². The molecule has 5 nitrogen and oxygen atoms in total. The van der Waals surface area contributed by atoms with E-state index in [1.165, 1.54) is 6.92 Å². The van der Waals surface area contributed by atoms with Crippen molar-refractivity contribution in [3.05, 3.63) is 29.8 Å². The van der Waals surface area contributed by atoms with Gasteiger partial charge in [-0.15, -0.1) is 11.6 Å². The summed E-state index contributed by atoms with van der Waals surface area (Å²) in [5, 5.41) is -0.607. The highest BCUT2D eigenvalue weighted by Gasteiger charge is 2.23. The van der Waals surface area contributed by atoms with Crippen LogP contribution in [0.3, 0.4) is 0 Å². The van der Waals surface area contributed by atoms with Gasteiger partial charge < -0.3 is 9.08 Å². The first-order valence-corrected chi connectivity index (χ1v) is 9.67. The van der Waals surface area contributed by atoms with Crippen LogP contribution in [0.25, 0.3) is 0 Å². The molecule has 0 N–H and O–H groups in total. The normalized spacial score (nSPS) is 14.1. The lowest BCUT2D eigenvalue weighted by Crippen LogP contribution is -2.41. The van der Waals surface area contributed by atoms with Crippen molar-refractivity contribution >= 4 is 27.6 Å². The van der Waals surface area contributed by atoms with E-state index in [0.29, 0.717) is 6.54 Å². The Labute approximate surface area is 143 Å². The van der Waals surface area contributed by atoms with Crippen LogP contribution in [0.5, 0.6) is 5.75 Å². The van der Waals surface area contributed by atoms with E-state index in [9.17, 15) is 13.2 Å². The molecule has 0 aliphatic carbocycles. The zero-order valence-corrected chi connectivity index (χ0v) is 15.5. The lowest BCUT2D eigenvalue weighted by Gasteiger charge is -2.30. The Bertz CT molecular complexity index is 631. The second-order valence-electron chi connectivity index (χ2n) is 5.42. The van der Waals surface area contributed by atoms with Crippen molar-refractivity contribution in [1.82, 2.24) is 4.90 Å². The molecule has 0 aliphatic heterocycles. The molecule has 2 atom stereocenters. The number of alkyl halides is 1. The Kier molecular flexibility index (Phi) is 7.35. The van der Waals surface area contributed by atoms with Crippen LogP contribution in [0, 0.1) is 0 Å². The average Bonchev–Trinajstić information content (AvgIpc) is 2.51. The van der Waals surface area contributed by atoms with Crippen molar-refractivity contribution in [1.29, 1.82) is 0 Å². The Morgan fingerprint density at radius 1 is 1.30 bits per heavy atom. The van der Waals surface area contributed by atoms with E-state index >= 15 is 0 Å². The number of halogens is 1. The molecule has 1 amide bonds. The van der Waals surface area contributed by atoms with Crippen molar-refractivity contribution in [3.63, 3.8) is 0 Å².